The molecule has 0 aliphatic carbocycles. The molecule has 0 unspecified atom stereocenters. The number of ether oxygens (including phenoxy) is 2. The maximum absolute atomic E-state index is 12.5. The van der Waals surface area contributed by atoms with E-state index in [9.17, 15) is 4.79 Å². The maximum Gasteiger partial charge on any atom is 0.189 e. The van der Waals surface area contributed by atoms with E-state index in [4.69, 9.17) is 14.7 Å². The van der Waals surface area contributed by atoms with Crippen LogP contribution in [0.2, 0.25) is 0 Å². The zero-order valence-corrected chi connectivity index (χ0v) is 13.8. The predicted octanol–water partition coefficient (Wildman–Crippen LogP) is 4.25. The summed E-state index contributed by atoms with van der Waals surface area (Å²) in [5.74, 6) is 1.01. The van der Waals surface area contributed by atoms with Crippen LogP contribution in [0.5, 0.6) is 11.5 Å². The quantitative estimate of drug-likeness (QED) is 0.565. The minimum atomic E-state index is -0.163. The number of carbonyl (C=O) groups excluding carboxylic acids is 1. The van der Waals surface area contributed by atoms with E-state index in [1.807, 2.05) is 13.8 Å². The third kappa shape index (κ3) is 4.47. The summed E-state index contributed by atoms with van der Waals surface area (Å²) in [5.41, 5.74) is 1.90. The summed E-state index contributed by atoms with van der Waals surface area (Å²) in [4.78, 5) is 12.5. The molecule has 0 aliphatic heterocycles. The summed E-state index contributed by atoms with van der Waals surface area (Å²) in [7, 11) is 0. The first-order valence-electron chi connectivity index (χ1n) is 7.80. The van der Waals surface area contributed by atoms with Gasteiger partial charge in [0.2, 0.25) is 0 Å². The molecule has 2 rings (SSSR count). The van der Waals surface area contributed by atoms with Gasteiger partial charge in [0.15, 0.2) is 5.78 Å². The molecule has 0 saturated carbocycles. The average Bonchev–Trinajstić information content (AvgIpc) is 2.62. The van der Waals surface area contributed by atoms with Crippen LogP contribution in [0.1, 0.15) is 35.3 Å². The van der Waals surface area contributed by atoms with Crippen molar-refractivity contribution in [3.05, 3.63) is 65.2 Å². The molecule has 2 aromatic rings. The molecule has 4 heteroatoms. The molecule has 0 radical (unpaired) electrons. The predicted molar refractivity (Wildman–Crippen MR) is 93.3 cm³/mol. The van der Waals surface area contributed by atoms with Crippen molar-refractivity contribution < 1.29 is 14.3 Å². The Morgan fingerprint density at radius 1 is 1.08 bits per heavy atom. The van der Waals surface area contributed by atoms with Crippen LogP contribution in [0, 0.1) is 11.3 Å². The summed E-state index contributed by atoms with van der Waals surface area (Å²) < 4.78 is 11.0. The topological polar surface area (TPSA) is 59.3 Å². The summed E-state index contributed by atoms with van der Waals surface area (Å²) in [6, 6.07) is 14.3. The van der Waals surface area contributed by atoms with Gasteiger partial charge in [-0.05, 0) is 55.8 Å². The highest BCUT2D eigenvalue weighted by Gasteiger charge is 2.12. The zero-order valence-electron chi connectivity index (χ0n) is 13.8. The van der Waals surface area contributed by atoms with Crippen LogP contribution in [0.15, 0.2) is 48.5 Å². The standard InChI is InChI=1S/C20H19NO3/c1-3-23-17-10-12-20(24-4-2)18(13-17)19(22)11-9-15-5-7-16(14-21)8-6-15/h5-13H,3-4H2,1-2H3/b11-9+. The Hall–Kier alpha value is -3.06. The van der Waals surface area contributed by atoms with Crippen molar-refractivity contribution in [1.29, 1.82) is 5.26 Å². The molecule has 24 heavy (non-hydrogen) atoms. The van der Waals surface area contributed by atoms with Gasteiger partial charge in [-0.3, -0.25) is 4.79 Å². The van der Waals surface area contributed by atoms with Gasteiger partial charge in [0.25, 0.3) is 0 Å². The number of rotatable bonds is 7. The number of nitrogens with zero attached hydrogens (tertiary/aromatic N) is 1. The van der Waals surface area contributed by atoms with Gasteiger partial charge in [0, 0.05) is 0 Å². The molecular formula is C20H19NO3. The van der Waals surface area contributed by atoms with E-state index >= 15 is 0 Å². The van der Waals surface area contributed by atoms with Crippen LogP contribution in [-0.2, 0) is 0 Å². The summed E-state index contributed by atoms with van der Waals surface area (Å²) in [5, 5.41) is 8.80. The molecule has 0 aromatic heterocycles. The van der Waals surface area contributed by atoms with E-state index in [1.165, 1.54) is 6.08 Å². The second-order valence-electron chi connectivity index (χ2n) is 4.96. The molecule has 0 fully saturated rings. The number of ketones is 1. The van der Waals surface area contributed by atoms with E-state index in [1.54, 1.807) is 48.5 Å². The average molecular weight is 321 g/mol. The van der Waals surface area contributed by atoms with Crippen molar-refractivity contribution in [2.45, 2.75) is 13.8 Å². The molecule has 0 bridgehead atoms. The lowest BCUT2D eigenvalue weighted by Gasteiger charge is -2.10. The molecule has 0 amide bonds. The second kappa shape index (κ2) is 8.54. The number of nitriles is 1. The lowest BCUT2D eigenvalue weighted by atomic mass is 10.1. The first-order valence-corrected chi connectivity index (χ1v) is 7.80. The first-order chi connectivity index (χ1) is 11.7. The number of benzene rings is 2. The molecular weight excluding hydrogens is 302 g/mol. The van der Waals surface area contributed by atoms with Crippen LogP contribution in [0.25, 0.3) is 6.08 Å². The Morgan fingerprint density at radius 3 is 2.42 bits per heavy atom. The van der Waals surface area contributed by atoms with Crippen LogP contribution >= 0.6 is 0 Å². The monoisotopic (exact) mass is 321 g/mol. The van der Waals surface area contributed by atoms with Crippen molar-refractivity contribution in [2.75, 3.05) is 13.2 Å². The zero-order chi connectivity index (χ0) is 17.4. The fourth-order valence-corrected chi connectivity index (χ4v) is 2.17. The molecule has 0 atom stereocenters. The van der Waals surface area contributed by atoms with Crippen molar-refractivity contribution in [3.63, 3.8) is 0 Å². The van der Waals surface area contributed by atoms with Gasteiger partial charge in [-0.2, -0.15) is 5.26 Å². The van der Waals surface area contributed by atoms with Gasteiger partial charge in [-0.25, -0.2) is 0 Å². The Bertz CT molecular complexity index is 770. The Labute approximate surface area is 141 Å². The number of carbonyl (C=O) groups is 1. The molecule has 0 saturated heterocycles. The Morgan fingerprint density at radius 2 is 1.79 bits per heavy atom. The highest BCUT2D eigenvalue weighted by atomic mass is 16.5. The molecule has 0 N–H and O–H groups in total. The van der Waals surface area contributed by atoms with Gasteiger partial charge in [0.05, 0.1) is 30.4 Å². The number of hydrogen-bond donors (Lipinski definition) is 0. The van der Waals surface area contributed by atoms with Crippen LogP contribution in [0.3, 0.4) is 0 Å². The first kappa shape index (κ1) is 17.3. The molecule has 0 heterocycles. The normalized spacial score (nSPS) is 10.4. The lowest BCUT2D eigenvalue weighted by Crippen LogP contribution is -2.03. The van der Waals surface area contributed by atoms with Gasteiger partial charge in [-0.1, -0.05) is 18.2 Å². The molecule has 122 valence electrons. The van der Waals surface area contributed by atoms with E-state index in [-0.39, 0.29) is 5.78 Å². The van der Waals surface area contributed by atoms with Gasteiger partial charge >= 0.3 is 0 Å². The van der Waals surface area contributed by atoms with Gasteiger partial charge in [-0.15, -0.1) is 0 Å². The molecule has 2 aromatic carbocycles. The van der Waals surface area contributed by atoms with Gasteiger partial charge < -0.3 is 9.47 Å². The fraction of sp³-hybridized carbons (Fsp3) is 0.200. The minimum absolute atomic E-state index is 0.163. The largest absolute Gasteiger partial charge is 0.494 e. The van der Waals surface area contributed by atoms with E-state index in [2.05, 4.69) is 6.07 Å². The molecule has 0 aliphatic rings. The van der Waals surface area contributed by atoms with Crippen molar-refractivity contribution in [1.82, 2.24) is 0 Å². The van der Waals surface area contributed by atoms with E-state index in [0.29, 0.717) is 35.8 Å². The van der Waals surface area contributed by atoms with E-state index in [0.717, 1.165) is 5.56 Å². The van der Waals surface area contributed by atoms with Gasteiger partial charge in [0.1, 0.15) is 11.5 Å². The SMILES string of the molecule is CCOc1ccc(OCC)c(C(=O)/C=C/c2ccc(C#N)cc2)c1. The second-order valence-corrected chi connectivity index (χ2v) is 4.96. The highest BCUT2D eigenvalue weighted by molar-refractivity contribution is 6.08. The summed E-state index contributed by atoms with van der Waals surface area (Å²) in [6.45, 7) is 4.77. The van der Waals surface area contributed by atoms with Crippen LogP contribution in [0.4, 0.5) is 0 Å². The summed E-state index contributed by atoms with van der Waals surface area (Å²) >= 11 is 0. The molecule has 0 spiro atoms. The van der Waals surface area contributed by atoms with E-state index < -0.39 is 0 Å². The highest BCUT2D eigenvalue weighted by Crippen LogP contribution is 2.25. The third-order valence-electron chi connectivity index (χ3n) is 3.29. The van der Waals surface area contributed by atoms with Crippen molar-refractivity contribution >= 4 is 11.9 Å². The molecule has 4 nitrogen and oxygen atoms in total. The third-order valence-corrected chi connectivity index (χ3v) is 3.29. The lowest BCUT2D eigenvalue weighted by molar-refractivity contribution is 0.104. The maximum atomic E-state index is 12.5. The summed E-state index contributed by atoms with van der Waals surface area (Å²) in [6.07, 6.45) is 3.21. The Balaban J connectivity index is 2.24. The van der Waals surface area contributed by atoms with Crippen LogP contribution < -0.4 is 9.47 Å². The number of hydrogen-bond acceptors (Lipinski definition) is 4. The van der Waals surface area contributed by atoms with Crippen molar-refractivity contribution in [2.24, 2.45) is 0 Å². The van der Waals surface area contributed by atoms with Crippen LogP contribution in [-0.4, -0.2) is 19.0 Å². The van der Waals surface area contributed by atoms with Crippen molar-refractivity contribution in [3.8, 4) is 17.6 Å². The number of allylic oxidation sites excluding steroid dienone is 1. The minimum Gasteiger partial charge on any atom is -0.494 e. The fourth-order valence-electron chi connectivity index (χ4n) is 2.17. The Kier molecular flexibility index (Phi) is 6.16. The smallest absolute Gasteiger partial charge is 0.189 e.